The number of Topliss-reactive ketones (excluding diaryl/α,β-unsaturated/α-hetero) is 1. The second-order valence-electron chi connectivity index (χ2n) is 7.47. The maximum atomic E-state index is 12.9. The molecule has 3 aliphatic rings. The van der Waals surface area contributed by atoms with Crippen LogP contribution in [0.5, 0.6) is 0 Å². The van der Waals surface area contributed by atoms with Crippen molar-refractivity contribution in [2.24, 2.45) is 5.92 Å². The Morgan fingerprint density at radius 3 is 2.69 bits per heavy atom. The van der Waals surface area contributed by atoms with Crippen LogP contribution in [0.4, 0.5) is 0 Å². The molecule has 0 saturated heterocycles. The molecule has 1 aliphatic carbocycles. The number of aliphatic hydroxyl groups excluding tert-OH is 1. The van der Waals surface area contributed by atoms with Gasteiger partial charge in [-0.1, -0.05) is 6.92 Å². The summed E-state index contributed by atoms with van der Waals surface area (Å²) in [5.41, 5.74) is -0.583. The van der Waals surface area contributed by atoms with E-state index in [1.54, 1.807) is 13.0 Å². The van der Waals surface area contributed by atoms with Gasteiger partial charge in [0.2, 0.25) is 0 Å². The van der Waals surface area contributed by atoms with Gasteiger partial charge in [-0.25, -0.2) is 0 Å². The van der Waals surface area contributed by atoms with Gasteiger partial charge in [0, 0.05) is 29.6 Å². The highest BCUT2D eigenvalue weighted by atomic mass is 16.5. The van der Waals surface area contributed by atoms with Gasteiger partial charge in [-0.05, 0) is 38.8 Å². The minimum Gasteiger partial charge on any atom is -0.494 e. The fourth-order valence-corrected chi connectivity index (χ4v) is 3.55. The Hall–Kier alpha value is -2.18. The maximum absolute atomic E-state index is 12.9. The highest BCUT2D eigenvalue weighted by molar-refractivity contribution is 6.06. The van der Waals surface area contributed by atoms with Gasteiger partial charge in [-0.15, -0.1) is 0 Å². The topological polar surface area (TPSA) is 93.1 Å². The Morgan fingerprint density at radius 2 is 2.04 bits per heavy atom. The lowest BCUT2D eigenvalue weighted by atomic mass is 9.72. The molecule has 0 aromatic rings. The number of ketones is 2. The van der Waals surface area contributed by atoms with E-state index in [-0.39, 0.29) is 24.2 Å². The van der Waals surface area contributed by atoms with Crippen molar-refractivity contribution in [2.75, 3.05) is 0 Å². The van der Waals surface area contributed by atoms with Gasteiger partial charge in [0.1, 0.15) is 23.7 Å². The van der Waals surface area contributed by atoms with Crippen molar-refractivity contribution < 1.29 is 29.3 Å². The molecular formula is C20H24O6. The second kappa shape index (κ2) is 6.52. The van der Waals surface area contributed by atoms with Gasteiger partial charge in [0.25, 0.3) is 0 Å². The van der Waals surface area contributed by atoms with Crippen LogP contribution in [0.15, 0.2) is 46.7 Å². The van der Waals surface area contributed by atoms with Gasteiger partial charge in [-0.3, -0.25) is 9.59 Å². The Kier molecular flexibility index (Phi) is 4.67. The molecule has 0 saturated carbocycles. The molecule has 6 nitrogen and oxygen atoms in total. The summed E-state index contributed by atoms with van der Waals surface area (Å²) in [6.45, 7) is 6.75. The molecule has 0 radical (unpaired) electrons. The summed E-state index contributed by atoms with van der Waals surface area (Å²) in [6.07, 6.45) is 3.62. The summed E-state index contributed by atoms with van der Waals surface area (Å²) in [5.74, 6) is 0.386. The van der Waals surface area contributed by atoms with Crippen molar-refractivity contribution in [3.8, 4) is 0 Å². The zero-order chi connectivity index (χ0) is 19.2. The van der Waals surface area contributed by atoms with E-state index < -0.39 is 17.5 Å². The number of carbonyl (C=O) groups excluding carboxylic acids is 2. The number of carbonyl (C=O) groups is 2. The summed E-state index contributed by atoms with van der Waals surface area (Å²) in [5, 5.41) is 20.9. The summed E-state index contributed by atoms with van der Waals surface area (Å²) < 4.78 is 11.1. The third kappa shape index (κ3) is 3.15. The van der Waals surface area contributed by atoms with Crippen LogP contribution in [0.3, 0.4) is 0 Å². The van der Waals surface area contributed by atoms with Crippen molar-refractivity contribution in [3.63, 3.8) is 0 Å². The molecule has 1 unspecified atom stereocenters. The summed E-state index contributed by atoms with van der Waals surface area (Å²) in [6, 6.07) is 0. The highest BCUT2D eigenvalue weighted by Gasteiger charge is 2.48. The predicted molar refractivity (Wildman–Crippen MR) is 93.6 cm³/mol. The lowest BCUT2D eigenvalue weighted by Crippen LogP contribution is -2.52. The number of ether oxygens (including phenoxy) is 2. The minimum atomic E-state index is -1.93. The van der Waals surface area contributed by atoms with E-state index in [4.69, 9.17) is 9.47 Å². The average molecular weight is 360 g/mol. The summed E-state index contributed by atoms with van der Waals surface area (Å²) in [4.78, 5) is 24.7. The molecule has 0 bridgehead atoms. The Labute approximate surface area is 152 Å². The molecule has 0 amide bonds. The quantitative estimate of drug-likeness (QED) is 0.800. The molecule has 26 heavy (non-hydrogen) atoms. The molecule has 0 spiro atoms. The number of hydrogen-bond acceptors (Lipinski definition) is 6. The fraction of sp³-hybridized carbons (Fsp3) is 0.500. The normalized spacial score (nSPS) is 32.8. The zero-order valence-corrected chi connectivity index (χ0v) is 15.4. The molecule has 4 atom stereocenters. The van der Waals surface area contributed by atoms with Gasteiger partial charge in [0.15, 0.2) is 17.2 Å². The van der Waals surface area contributed by atoms with Crippen molar-refractivity contribution in [1.82, 2.24) is 0 Å². The predicted octanol–water partition coefficient (Wildman–Crippen LogP) is 2.08. The molecule has 2 aliphatic heterocycles. The van der Waals surface area contributed by atoms with E-state index in [9.17, 15) is 19.8 Å². The first-order valence-corrected chi connectivity index (χ1v) is 8.76. The first kappa shape index (κ1) is 18.6. The number of hydrogen-bond donors (Lipinski definition) is 2. The third-order valence-corrected chi connectivity index (χ3v) is 5.04. The van der Waals surface area contributed by atoms with Crippen molar-refractivity contribution in [2.45, 2.75) is 58.3 Å². The van der Waals surface area contributed by atoms with Crippen LogP contribution in [0, 0.1) is 5.92 Å². The number of rotatable bonds is 3. The Balaban J connectivity index is 1.99. The number of fused-ring (bicyclic) bond motifs is 1. The van der Waals surface area contributed by atoms with Crippen LogP contribution in [-0.4, -0.2) is 39.6 Å². The number of allylic oxidation sites excluding steroid dienone is 4. The van der Waals surface area contributed by atoms with Crippen LogP contribution >= 0.6 is 0 Å². The van der Waals surface area contributed by atoms with E-state index in [1.807, 2.05) is 13.8 Å². The van der Waals surface area contributed by atoms with Crippen LogP contribution in [0.2, 0.25) is 0 Å². The molecule has 2 N–H and O–H groups in total. The van der Waals surface area contributed by atoms with E-state index in [1.165, 1.54) is 19.3 Å². The van der Waals surface area contributed by atoms with E-state index in [0.717, 1.165) is 0 Å². The smallest absolute Gasteiger partial charge is 0.193 e. The lowest BCUT2D eigenvalue weighted by molar-refractivity contribution is -0.141. The fourth-order valence-electron chi connectivity index (χ4n) is 3.55. The molecule has 6 heteroatoms. The molecule has 0 fully saturated rings. The summed E-state index contributed by atoms with van der Waals surface area (Å²) >= 11 is 0. The Bertz CT molecular complexity index is 780. The molecule has 2 heterocycles. The van der Waals surface area contributed by atoms with E-state index >= 15 is 0 Å². The number of aliphatic hydroxyl groups is 2. The van der Waals surface area contributed by atoms with Crippen LogP contribution < -0.4 is 0 Å². The zero-order valence-electron chi connectivity index (χ0n) is 15.4. The SMILES string of the molecule is CC1=CC2=C(C[C@@H](C)C3=CC(=O)CC(C)O3)C(=O)[C@](C)(O)[C@@H](O)C2=CO1. The first-order chi connectivity index (χ1) is 12.1. The van der Waals surface area contributed by atoms with Crippen molar-refractivity contribution >= 4 is 11.6 Å². The first-order valence-electron chi connectivity index (χ1n) is 8.76. The molecule has 0 aromatic carbocycles. The van der Waals surface area contributed by atoms with E-state index in [0.29, 0.717) is 34.7 Å². The highest BCUT2D eigenvalue weighted by Crippen LogP contribution is 2.41. The lowest BCUT2D eigenvalue weighted by Gasteiger charge is -2.38. The Morgan fingerprint density at radius 1 is 1.35 bits per heavy atom. The van der Waals surface area contributed by atoms with Crippen molar-refractivity contribution in [1.29, 1.82) is 0 Å². The van der Waals surface area contributed by atoms with Crippen LogP contribution in [0.25, 0.3) is 0 Å². The monoisotopic (exact) mass is 360 g/mol. The van der Waals surface area contributed by atoms with Crippen LogP contribution in [0.1, 0.15) is 40.5 Å². The molecule has 3 rings (SSSR count). The van der Waals surface area contributed by atoms with Gasteiger partial charge < -0.3 is 19.7 Å². The average Bonchev–Trinajstić information content (AvgIpc) is 2.56. The largest absolute Gasteiger partial charge is 0.494 e. The van der Waals surface area contributed by atoms with Gasteiger partial charge in [0.05, 0.1) is 6.26 Å². The van der Waals surface area contributed by atoms with Crippen LogP contribution in [-0.2, 0) is 19.1 Å². The second-order valence-corrected chi connectivity index (χ2v) is 7.47. The maximum Gasteiger partial charge on any atom is 0.193 e. The molecule has 0 aromatic heterocycles. The van der Waals surface area contributed by atoms with Gasteiger partial charge >= 0.3 is 0 Å². The van der Waals surface area contributed by atoms with E-state index in [2.05, 4.69) is 0 Å². The summed E-state index contributed by atoms with van der Waals surface area (Å²) in [7, 11) is 0. The van der Waals surface area contributed by atoms with Crippen molar-refractivity contribution in [3.05, 3.63) is 46.7 Å². The molecule has 140 valence electrons. The third-order valence-electron chi connectivity index (χ3n) is 5.04. The standard InChI is InChI=1S/C20H24O6/c1-10(17-8-13(21)6-12(3)26-17)5-15-14-7-11(2)25-9-16(14)19(23)20(4,24)18(15)22/h7-10,12,19,23-24H,5-6H2,1-4H3/t10-,12?,19+,20+/m1/s1. The molecular weight excluding hydrogens is 336 g/mol. The van der Waals surface area contributed by atoms with Gasteiger partial charge in [-0.2, -0.15) is 0 Å². The minimum absolute atomic E-state index is 0.00281.